The molecule has 0 saturated carbocycles. The van der Waals surface area contributed by atoms with Crippen LogP contribution in [0.1, 0.15) is 16.8 Å². The zero-order valence-corrected chi connectivity index (χ0v) is 11.3. The van der Waals surface area contributed by atoms with Crippen LogP contribution < -0.4 is 5.32 Å². The first kappa shape index (κ1) is 13.1. The molecule has 1 aromatic carbocycles. The van der Waals surface area contributed by atoms with Gasteiger partial charge >= 0.3 is 0 Å². The highest BCUT2D eigenvalue weighted by Crippen LogP contribution is 2.24. The summed E-state index contributed by atoms with van der Waals surface area (Å²) in [5, 5.41) is 3.21. The van der Waals surface area contributed by atoms with E-state index in [9.17, 15) is 4.79 Å². The Kier molecular flexibility index (Phi) is 4.04. The van der Waals surface area contributed by atoms with Crippen LogP contribution in [0.2, 0.25) is 5.02 Å². The number of aliphatic imine (C=N–C) groups is 1. The second kappa shape index (κ2) is 5.55. The summed E-state index contributed by atoms with van der Waals surface area (Å²) in [5.74, 6) is -0.190. The molecule has 18 heavy (non-hydrogen) atoms. The van der Waals surface area contributed by atoms with Gasteiger partial charge in [-0.05, 0) is 12.1 Å². The molecule has 0 spiro atoms. The molecule has 0 saturated heterocycles. The maximum atomic E-state index is 12.4. The summed E-state index contributed by atoms with van der Waals surface area (Å²) in [7, 11) is 1.75. The molecule has 0 radical (unpaired) electrons. The Morgan fingerprint density at radius 2 is 2.17 bits per heavy atom. The van der Waals surface area contributed by atoms with Crippen LogP contribution in [-0.2, 0) is 0 Å². The molecular weight excluding hydrogens is 271 g/mol. The van der Waals surface area contributed by atoms with Crippen molar-refractivity contribution in [2.24, 2.45) is 4.99 Å². The van der Waals surface area contributed by atoms with Crippen LogP contribution in [0.5, 0.6) is 0 Å². The molecule has 2 rings (SSSR count). The van der Waals surface area contributed by atoms with Gasteiger partial charge in [-0.2, -0.15) is 0 Å². The van der Waals surface area contributed by atoms with Crippen LogP contribution in [0.4, 0.5) is 0 Å². The van der Waals surface area contributed by atoms with Crippen molar-refractivity contribution in [2.75, 3.05) is 7.05 Å². The van der Waals surface area contributed by atoms with Crippen LogP contribution in [0, 0.1) is 0 Å². The number of hydrogen-bond acceptors (Lipinski definition) is 3. The number of hydrogen-bond donors (Lipinski definition) is 1. The molecule has 1 heterocycles. The quantitative estimate of drug-likeness (QED) is 0.684. The van der Waals surface area contributed by atoms with Crippen molar-refractivity contribution >= 4 is 35.2 Å². The minimum atomic E-state index is -0.190. The summed E-state index contributed by atoms with van der Waals surface area (Å²) < 4.78 is 0. The monoisotopic (exact) mass is 282 g/mol. The second-order valence-electron chi connectivity index (χ2n) is 3.88. The van der Waals surface area contributed by atoms with Crippen molar-refractivity contribution in [3.05, 3.63) is 46.2 Å². The van der Waals surface area contributed by atoms with E-state index in [1.807, 2.05) is 0 Å². The molecule has 94 valence electrons. The topological polar surface area (TPSA) is 41.5 Å². The molecule has 0 amide bonds. The Labute approximate surface area is 116 Å². The van der Waals surface area contributed by atoms with E-state index in [0.29, 0.717) is 22.7 Å². The van der Waals surface area contributed by atoms with E-state index in [-0.39, 0.29) is 11.2 Å². The van der Waals surface area contributed by atoms with Crippen molar-refractivity contribution < 1.29 is 4.79 Å². The third-order valence-electron chi connectivity index (χ3n) is 2.69. The number of carbonyl (C=O) groups excluding carboxylic acids is 1. The van der Waals surface area contributed by atoms with E-state index < -0.39 is 0 Å². The van der Waals surface area contributed by atoms with Crippen LogP contribution in [0.3, 0.4) is 0 Å². The van der Waals surface area contributed by atoms with Gasteiger partial charge in [-0.15, -0.1) is 11.6 Å². The van der Waals surface area contributed by atoms with Crippen LogP contribution in [-0.4, -0.2) is 24.4 Å². The maximum absolute atomic E-state index is 12.4. The molecule has 1 N–H and O–H groups in total. The molecule has 0 aromatic heterocycles. The summed E-state index contributed by atoms with van der Waals surface area (Å²) in [6.07, 6.45) is 2.14. The van der Waals surface area contributed by atoms with Crippen LogP contribution in [0.15, 0.2) is 40.7 Å². The Balaban J connectivity index is 2.40. The van der Waals surface area contributed by atoms with Crippen molar-refractivity contribution in [3.63, 3.8) is 0 Å². The lowest BCUT2D eigenvalue weighted by Crippen LogP contribution is -2.22. The third-order valence-corrected chi connectivity index (χ3v) is 3.28. The number of nitrogens with zero attached hydrogens (tertiary/aromatic N) is 1. The number of alkyl halides is 1. The smallest absolute Gasteiger partial charge is 0.214 e. The first-order chi connectivity index (χ1) is 8.63. The van der Waals surface area contributed by atoms with Gasteiger partial charge < -0.3 is 5.32 Å². The first-order valence-corrected chi connectivity index (χ1v) is 6.33. The SMILES string of the molecule is CNC1=C(C(=O)c2ccccc2Cl)N=CC(Cl)C1. The van der Waals surface area contributed by atoms with E-state index in [1.54, 1.807) is 37.5 Å². The van der Waals surface area contributed by atoms with Gasteiger partial charge in [0.05, 0.1) is 10.4 Å². The summed E-state index contributed by atoms with van der Waals surface area (Å²) in [5.41, 5.74) is 1.57. The van der Waals surface area contributed by atoms with E-state index in [0.717, 1.165) is 5.70 Å². The Hall–Kier alpha value is -1.32. The Morgan fingerprint density at radius 3 is 2.83 bits per heavy atom. The number of halogens is 2. The average Bonchev–Trinajstić information content (AvgIpc) is 2.38. The maximum Gasteiger partial charge on any atom is 0.214 e. The van der Waals surface area contributed by atoms with Gasteiger partial charge in [-0.3, -0.25) is 9.79 Å². The molecule has 3 nitrogen and oxygen atoms in total. The summed E-state index contributed by atoms with van der Waals surface area (Å²) >= 11 is 12.0. The number of benzene rings is 1. The largest absolute Gasteiger partial charge is 0.390 e. The molecule has 0 bridgehead atoms. The van der Waals surface area contributed by atoms with Crippen molar-refractivity contribution in [3.8, 4) is 0 Å². The fourth-order valence-corrected chi connectivity index (χ4v) is 2.20. The lowest BCUT2D eigenvalue weighted by Gasteiger charge is -2.17. The van der Waals surface area contributed by atoms with Gasteiger partial charge in [0.15, 0.2) is 0 Å². The fourth-order valence-electron chi connectivity index (χ4n) is 1.77. The lowest BCUT2D eigenvalue weighted by atomic mass is 10.0. The van der Waals surface area contributed by atoms with Crippen LogP contribution in [0.25, 0.3) is 0 Å². The average molecular weight is 283 g/mol. The highest BCUT2D eigenvalue weighted by atomic mass is 35.5. The van der Waals surface area contributed by atoms with Crippen LogP contribution >= 0.6 is 23.2 Å². The molecule has 5 heteroatoms. The number of ketones is 1. The predicted octanol–water partition coefficient (Wildman–Crippen LogP) is 3.04. The lowest BCUT2D eigenvalue weighted by molar-refractivity contribution is 0.103. The predicted molar refractivity (Wildman–Crippen MR) is 74.6 cm³/mol. The van der Waals surface area contributed by atoms with Gasteiger partial charge in [0, 0.05) is 30.9 Å². The molecule has 1 unspecified atom stereocenters. The summed E-state index contributed by atoms with van der Waals surface area (Å²) in [4.78, 5) is 16.5. The van der Waals surface area contributed by atoms with E-state index in [4.69, 9.17) is 23.2 Å². The van der Waals surface area contributed by atoms with E-state index >= 15 is 0 Å². The minimum absolute atomic E-state index is 0.185. The minimum Gasteiger partial charge on any atom is -0.390 e. The molecule has 1 aliphatic rings. The molecule has 1 atom stereocenters. The number of rotatable bonds is 3. The number of Topliss-reactive ketones (excluding diaryl/α,β-unsaturated/α-hetero) is 1. The Bertz CT molecular complexity index is 538. The normalized spacial score (nSPS) is 18.9. The van der Waals surface area contributed by atoms with Crippen molar-refractivity contribution in [1.82, 2.24) is 5.32 Å². The first-order valence-electron chi connectivity index (χ1n) is 5.52. The molecule has 0 fully saturated rings. The zero-order valence-electron chi connectivity index (χ0n) is 9.78. The van der Waals surface area contributed by atoms with Gasteiger partial charge in [0.2, 0.25) is 5.78 Å². The molecule has 1 aliphatic heterocycles. The molecule has 0 aliphatic carbocycles. The van der Waals surface area contributed by atoms with Gasteiger partial charge in [0.25, 0.3) is 0 Å². The molecular formula is C13H12Cl2N2O. The fraction of sp³-hybridized carbons (Fsp3) is 0.231. The highest BCUT2D eigenvalue weighted by Gasteiger charge is 2.22. The van der Waals surface area contributed by atoms with E-state index in [2.05, 4.69) is 10.3 Å². The third kappa shape index (κ3) is 2.57. The van der Waals surface area contributed by atoms with Crippen molar-refractivity contribution in [2.45, 2.75) is 11.8 Å². The van der Waals surface area contributed by atoms with E-state index in [1.165, 1.54) is 0 Å². The number of nitrogens with one attached hydrogen (secondary N) is 1. The summed E-state index contributed by atoms with van der Waals surface area (Å²) in [6, 6.07) is 6.93. The highest BCUT2D eigenvalue weighted by molar-refractivity contribution is 6.35. The second-order valence-corrected chi connectivity index (χ2v) is 4.85. The standard InChI is InChI=1S/C13H12Cl2N2O/c1-16-11-6-8(14)7-17-12(11)13(18)9-4-2-3-5-10(9)15/h2-5,7-8,16H,6H2,1H3. The molecule has 1 aromatic rings. The van der Waals surface area contributed by atoms with Gasteiger partial charge in [-0.25, -0.2) is 0 Å². The number of carbonyl (C=O) groups is 1. The number of allylic oxidation sites excluding steroid dienone is 2. The summed E-state index contributed by atoms with van der Waals surface area (Å²) in [6.45, 7) is 0. The zero-order chi connectivity index (χ0) is 13.1. The van der Waals surface area contributed by atoms with Gasteiger partial charge in [0.1, 0.15) is 5.70 Å². The van der Waals surface area contributed by atoms with Crippen molar-refractivity contribution in [1.29, 1.82) is 0 Å². The van der Waals surface area contributed by atoms with Gasteiger partial charge in [-0.1, -0.05) is 23.7 Å². The Morgan fingerprint density at radius 1 is 1.44 bits per heavy atom.